The van der Waals surface area contributed by atoms with Gasteiger partial charge in [-0.1, -0.05) is 18.2 Å². The molecule has 0 heterocycles. The van der Waals surface area contributed by atoms with E-state index in [1.807, 2.05) is 43.3 Å². The molecule has 0 aliphatic heterocycles. The molecule has 1 amide bonds. The maximum atomic E-state index is 12.5. The Morgan fingerprint density at radius 1 is 1.11 bits per heavy atom. The molecule has 2 aromatic carbocycles. The van der Waals surface area contributed by atoms with Gasteiger partial charge in [-0.3, -0.25) is 4.79 Å². The summed E-state index contributed by atoms with van der Waals surface area (Å²) in [5, 5.41) is 2.85. The maximum absolute atomic E-state index is 12.5. The van der Waals surface area contributed by atoms with Crippen molar-refractivity contribution in [3.05, 3.63) is 59.7 Å². The molecule has 0 atom stereocenters. The molecule has 1 fully saturated rings. The summed E-state index contributed by atoms with van der Waals surface area (Å²) in [5.74, 6) is 0.147. The fraction of sp³-hybridized carbons (Fsp3) is 0.350. The molecule has 27 heavy (non-hydrogen) atoms. The van der Waals surface area contributed by atoms with E-state index >= 15 is 0 Å². The molecule has 0 saturated heterocycles. The molecule has 144 valence electrons. The third kappa shape index (κ3) is 5.30. The zero-order valence-electron chi connectivity index (χ0n) is 15.6. The number of sulfonamides is 1. The van der Waals surface area contributed by atoms with E-state index < -0.39 is 10.0 Å². The standard InChI is InChI=1S/C20H25N3O3S/c1-23(2)18-7-3-5-16(11-18)13-21-20(24)17-6-4-8-19(12-17)27(25,26)22-14-15-9-10-15/h3-8,11-12,15,22H,9-10,13-14H2,1-2H3,(H,21,24). The number of nitrogens with zero attached hydrogens (tertiary/aromatic N) is 1. The first-order valence-corrected chi connectivity index (χ1v) is 10.5. The van der Waals surface area contributed by atoms with E-state index in [0.717, 1.165) is 24.1 Å². The summed E-state index contributed by atoms with van der Waals surface area (Å²) in [4.78, 5) is 14.6. The number of hydrogen-bond donors (Lipinski definition) is 2. The smallest absolute Gasteiger partial charge is 0.251 e. The van der Waals surface area contributed by atoms with Crippen molar-refractivity contribution >= 4 is 21.6 Å². The van der Waals surface area contributed by atoms with Gasteiger partial charge in [0.05, 0.1) is 4.90 Å². The summed E-state index contributed by atoms with van der Waals surface area (Å²) in [6, 6.07) is 14.0. The number of carbonyl (C=O) groups is 1. The second-order valence-electron chi connectivity index (χ2n) is 7.07. The van der Waals surface area contributed by atoms with E-state index in [2.05, 4.69) is 10.0 Å². The van der Waals surface area contributed by atoms with Gasteiger partial charge in [0, 0.05) is 38.4 Å². The summed E-state index contributed by atoms with van der Waals surface area (Å²) >= 11 is 0. The van der Waals surface area contributed by atoms with Crippen LogP contribution in [0, 0.1) is 5.92 Å². The lowest BCUT2D eigenvalue weighted by atomic mass is 10.1. The zero-order chi connectivity index (χ0) is 19.4. The molecule has 3 rings (SSSR count). The highest BCUT2D eigenvalue weighted by Gasteiger charge is 2.24. The summed E-state index contributed by atoms with van der Waals surface area (Å²) in [6.07, 6.45) is 2.14. The van der Waals surface area contributed by atoms with Crippen molar-refractivity contribution < 1.29 is 13.2 Å². The van der Waals surface area contributed by atoms with E-state index in [9.17, 15) is 13.2 Å². The van der Waals surface area contributed by atoms with Crippen molar-refractivity contribution in [1.29, 1.82) is 0 Å². The third-order valence-corrected chi connectivity index (χ3v) is 5.97. The van der Waals surface area contributed by atoms with Gasteiger partial charge in [-0.2, -0.15) is 0 Å². The predicted molar refractivity (Wildman–Crippen MR) is 106 cm³/mol. The Labute approximate surface area is 160 Å². The average molecular weight is 388 g/mol. The molecule has 0 bridgehead atoms. The Morgan fingerprint density at radius 2 is 1.85 bits per heavy atom. The minimum Gasteiger partial charge on any atom is -0.378 e. The minimum atomic E-state index is -3.59. The van der Waals surface area contributed by atoms with Crippen molar-refractivity contribution in [1.82, 2.24) is 10.0 Å². The van der Waals surface area contributed by atoms with E-state index in [-0.39, 0.29) is 10.8 Å². The van der Waals surface area contributed by atoms with Gasteiger partial charge in [0.2, 0.25) is 10.0 Å². The number of benzene rings is 2. The number of amides is 1. The molecule has 0 aromatic heterocycles. The van der Waals surface area contributed by atoms with Crippen LogP contribution in [0.1, 0.15) is 28.8 Å². The molecule has 0 spiro atoms. The molecule has 2 N–H and O–H groups in total. The molecule has 1 saturated carbocycles. The number of nitrogens with one attached hydrogen (secondary N) is 2. The topological polar surface area (TPSA) is 78.5 Å². The van der Waals surface area contributed by atoms with E-state index in [0.29, 0.717) is 24.6 Å². The van der Waals surface area contributed by atoms with Crippen LogP contribution >= 0.6 is 0 Å². The lowest BCUT2D eigenvalue weighted by Crippen LogP contribution is -2.27. The molecule has 2 aromatic rings. The van der Waals surface area contributed by atoms with Crippen LogP contribution in [0.5, 0.6) is 0 Å². The monoisotopic (exact) mass is 387 g/mol. The quantitative estimate of drug-likeness (QED) is 0.729. The third-order valence-electron chi connectivity index (χ3n) is 4.55. The van der Waals surface area contributed by atoms with E-state index in [4.69, 9.17) is 0 Å². The Morgan fingerprint density at radius 3 is 2.56 bits per heavy atom. The second-order valence-corrected chi connectivity index (χ2v) is 8.84. The van der Waals surface area contributed by atoms with Crippen LogP contribution in [0.4, 0.5) is 5.69 Å². The highest BCUT2D eigenvalue weighted by molar-refractivity contribution is 7.89. The van der Waals surface area contributed by atoms with Crippen molar-refractivity contribution in [2.24, 2.45) is 5.92 Å². The van der Waals surface area contributed by atoms with Crippen LogP contribution in [-0.2, 0) is 16.6 Å². The number of hydrogen-bond acceptors (Lipinski definition) is 4. The number of anilines is 1. The molecule has 7 heteroatoms. The average Bonchev–Trinajstić information content (AvgIpc) is 3.49. The maximum Gasteiger partial charge on any atom is 0.251 e. The highest BCUT2D eigenvalue weighted by atomic mass is 32.2. The predicted octanol–water partition coefficient (Wildman–Crippen LogP) is 2.37. The first-order valence-electron chi connectivity index (χ1n) is 8.99. The van der Waals surface area contributed by atoms with Crippen LogP contribution in [0.2, 0.25) is 0 Å². The number of rotatable bonds is 8. The fourth-order valence-electron chi connectivity index (χ4n) is 2.67. The van der Waals surface area contributed by atoms with E-state index in [1.54, 1.807) is 12.1 Å². The summed E-state index contributed by atoms with van der Waals surface area (Å²) in [5.41, 5.74) is 2.36. The molecular weight excluding hydrogens is 362 g/mol. The molecule has 1 aliphatic rings. The summed E-state index contributed by atoms with van der Waals surface area (Å²) in [7, 11) is 0.329. The van der Waals surface area contributed by atoms with Crippen molar-refractivity contribution in [2.75, 3.05) is 25.5 Å². The Balaban J connectivity index is 1.65. The second kappa shape index (κ2) is 8.10. The van der Waals surface area contributed by atoms with Gasteiger partial charge >= 0.3 is 0 Å². The highest BCUT2D eigenvalue weighted by Crippen LogP contribution is 2.28. The van der Waals surface area contributed by atoms with Crippen LogP contribution < -0.4 is 14.9 Å². The largest absolute Gasteiger partial charge is 0.378 e. The Kier molecular flexibility index (Phi) is 5.82. The Hall–Kier alpha value is -2.38. The van der Waals surface area contributed by atoms with Gasteiger partial charge in [-0.25, -0.2) is 13.1 Å². The van der Waals surface area contributed by atoms with Crippen LogP contribution in [-0.4, -0.2) is 35.0 Å². The van der Waals surface area contributed by atoms with Gasteiger partial charge in [0.25, 0.3) is 5.91 Å². The summed E-state index contributed by atoms with van der Waals surface area (Å²) in [6.45, 7) is 0.832. The minimum absolute atomic E-state index is 0.116. The molecular formula is C20H25N3O3S. The van der Waals surface area contributed by atoms with Crippen LogP contribution in [0.25, 0.3) is 0 Å². The molecule has 6 nitrogen and oxygen atoms in total. The molecule has 1 aliphatic carbocycles. The van der Waals surface area contributed by atoms with Crippen molar-refractivity contribution in [3.63, 3.8) is 0 Å². The van der Waals surface area contributed by atoms with Crippen LogP contribution in [0.3, 0.4) is 0 Å². The lowest BCUT2D eigenvalue weighted by molar-refractivity contribution is 0.0950. The van der Waals surface area contributed by atoms with Gasteiger partial charge in [0.15, 0.2) is 0 Å². The fourth-order valence-corrected chi connectivity index (χ4v) is 3.83. The van der Waals surface area contributed by atoms with Gasteiger partial charge in [-0.05, 0) is 54.7 Å². The van der Waals surface area contributed by atoms with Crippen molar-refractivity contribution in [3.8, 4) is 0 Å². The van der Waals surface area contributed by atoms with E-state index in [1.165, 1.54) is 12.1 Å². The summed E-state index contributed by atoms with van der Waals surface area (Å²) < 4.78 is 27.4. The van der Waals surface area contributed by atoms with Gasteiger partial charge in [0.1, 0.15) is 0 Å². The lowest BCUT2D eigenvalue weighted by Gasteiger charge is -2.14. The zero-order valence-corrected chi connectivity index (χ0v) is 16.4. The normalized spacial score (nSPS) is 14.0. The Bertz CT molecular complexity index is 922. The SMILES string of the molecule is CN(C)c1cccc(CNC(=O)c2cccc(S(=O)(=O)NCC3CC3)c2)c1. The van der Waals surface area contributed by atoms with Crippen LogP contribution in [0.15, 0.2) is 53.4 Å². The molecule has 0 radical (unpaired) electrons. The van der Waals surface area contributed by atoms with Crippen molar-refractivity contribution in [2.45, 2.75) is 24.3 Å². The van der Waals surface area contributed by atoms with Gasteiger partial charge in [-0.15, -0.1) is 0 Å². The number of carbonyl (C=O) groups excluding carboxylic acids is 1. The van der Waals surface area contributed by atoms with Gasteiger partial charge < -0.3 is 10.2 Å². The first kappa shape index (κ1) is 19.4. The molecule has 0 unspecified atom stereocenters. The first-order chi connectivity index (χ1) is 12.8.